The summed E-state index contributed by atoms with van der Waals surface area (Å²) < 4.78 is 15.3. The van der Waals surface area contributed by atoms with E-state index in [1.807, 2.05) is 26.0 Å². The molecule has 1 N–H and O–H groups in total. The Labute approximate surface area is 170 Å². The fraction of sp³-hybridized carbons (Fsp3) is 0.190. The molecule has 28 heavy (non-hydrogen) atoms. The molecular formula is C21H19BrFN3O2. The van der Waals surface area contributed by atoms with Crippen LogP contribution in [0.3, 0.4) is 0 Å². The van der Waals surface area contributed by atoms with Crippen molar-refractivity contribution in [2.45, 2.75) is 26.8 Å². The molecule has 0 atom stereocenters. The van der Waals surface area contributed by atoms with Crippen LogP contribution in [0.2, 0.25) is 0 Å². The number of carbonyl (C=O) groups excluding carboxylic acids is 1. The van der Waals surface area contributed by atoms with Crippen molar-refractivity contribution in [3.63, 3.8) is 0 Å². The molecule has 3 aromatic rings. The van der Waals surface area contributed by atoms with Gasteiger partial charge in [-0.25, -0.2) is 9.37 Å². The number of aromatic nitrogens is 2. The molecule has 2 aromatic carbocycles. The molecule has 0 saturated carbocycles. The number of nitrogens with zero attached hydrogens (tertiary/aromatic N) is 2. The van der Waals surface area contributed by atoms with E-state index < -0.39 is 0 Å². The fourth-order valence-corrected chi connectivity index (χ4v) is 3.35. The molecule has 0 radical (unpaired) electrons. The van der Waals surface area contributed by atoms with E-state index in [-0.39, 0.29) is 23.8 Å². The van der Waals surface area contributed by atoms with Gasteiger partial charge in [-0.3, -0.25) is 14.2 Å². The molecule has 0 fully saturated rings. The smallest absolute Gasteiger partial charge is 0.254 e. The fourth-order valence-electron chi connectivity index (χ4n) is 2.76. The predicted molar refractivity (Wildman–Crippen MR) is 111 cm³/mol. The summed E-state index contributed by atoms with van der Waals surface area (Å²) in [5, 5.41) is 2.80. The van der Waals surface area contributed by atoms with Crippen molar-refractivity contribution in [1.82, 2.24) is 9.55 Å². The largest absolute Gasteiger partial charge is 0.324 e. The average Bonchev–Trinajstić information content (AvgIpc) is 2.66. The maximum Gasteiger partial charge on any atom is 0.254 e. The maximum atomic E-state index is 13.3. The lowest BCUT2D eigenvalue weighted by Gasteiger charge is -2.14. The van der Waals surface area contributed by atoms with E-state index in [4.69, 9.17) is 0 Å². The first kappa shape index (κ1) is 19.9. The van der Waals surface area contributed by atoms with Crippen LogP contribution in [0, 0.1) is 12.7 Å². The van der Waals surface area contributed by atoms with Gasteiger partial charge < -0.3 is 5.32 Å². The summed E-state index contributed by atoms with van der Waals surface area (Å²) in [7, 11) is 0. The summed E-state index contributed by atoms with van der Waals surface area (Å²) >= 11 is 3.42. The summed E-state index contributed by atoms with van der Waals surface area (Å²) in [5.74, 6) is -0.408. The Morgan fingerprint density at radius 2 is 1.89 bits per heavy atom. The molecule has 1 aromatic heterocycles. The van der Waals surface area contributed by atoms with E-state index in [1.54, 1.807) is 18.2 Å². The second-order valence-electron chi connectivity index (χ2n) is 6.39. The summed E-state index contributed by atoms with van der Waals surface area (Å²) in [5.41, 5.74) is 2.52. The van der Waals surface area contributed by atoms with E-state index in [0.29, 0.717) is 29.2 Å². The Hall–Kier alpha value is -2.80. The highest BCUT2D eigenvalue weighted by Gasteiger charge is 2.15. The minimum Gasteiger partial charge on any atom is -0.324 e. The summed E-state index contributed by atoms with van der Waals surface area (Å²) in [4.78, 5) is 29.7. The molecule has 0 spiro atoms. The van der Waals surface area contributed by atoms with Crippen molar-refractivity contribution >= 4 is 27.5 Å². The molecule has 1 heterocycles. The number of benzene rings is 2. The Bertz CT molecular complexity index is 1080. The molecule has 0 aliphatic rings. The van der Waals surface area contributed by atoms with Crippen molar-refractivity contribution < 1.29 is 9.18 Å². The third-order valence-corrected chi connectivity index (χ3v) is 4.88. The van der Waals surface area contributed by atoms with Gasteiger partial charge in [0.25, 0.3) is 5.56 Å². The monoisotopic (exact) mass is 443 g/mol. The van der Waals surface area contributed by atoms with E-state index in [9.17, 15) is 14.0 Å². The normalized spacial score (nSPS) is 10.7. The van der Waals surface area contributed by atoms with Crippen LogP contribution in [-0.2, 0) is 17.8 Å². The van der Waals surface area contributed by atoms with E-state index in [2.05, 4.69) is 26.2 Å². The molecule has 0 aliphatic heterocycles. The van der Waals surface area contributed by atoms with Gasteiger partial charge in [0.15, 0.2) is 0 Å². The van der Waals surface area contributed by atoms with Crippen molar-refractivity contribution in [2.24, 2.45) is 0 Å². The number of hydrogen-bond acceptors (Lipinski definition) is 3. The van der Waals surface area contributed by atoms with Crippen molar-refractivity contribution in [3.05, 3.63) is 80.4 Å². The topological polar surface area (TPSA) is 64.0 Å². The van der Waals surface area contributed by atoms with Gasteiger partial charge >= 0.3 is 0 Å². The number of amides is 1. The van der Waals surface area contributed by atoms with Crippen LogP contribution in [0.15, 0.2) is 57.8 Å². The van der Waals surface area contributed by atoms with Gasteiger partial charge in [-0.2, -0.15) is 0 Å². The van der Waals surface area contributed by atoms with E-state index in [1.165, 1.54) is 22.8 Å². The summed E-state index contributed by atoms with van der Waals surface area (Å²) in [6.45, 7) is 3.64. The number of rotatable bonds is 5. The molecule has 3 rings (SSSR count). The lowest BCUT2D eigenvalue weighted by molar-refractivity contribution is -0.116. The lowest BCUT2D eigenvalue weighted by atomic mass is 10.2. The van der Waals surface area contributed by atoms with Gasteiger partial charge in [-0.05, 0) is 71.2 Å². The molecular weight excluding hydrogens is 425 g/mol. The molecule has 0 unspecified atom stereocenters. The third kappa shape index (κ3) is 4.54. The van der Waals surface area contributed by atoms with Crippen molar-refractivity contribution in [3.8, 4) is 11.4 Å². The van der Waals surface area contributed by atoms with Gasteiger partial charge in [0, 0.05) is 21.8 Å². The van der Waals surface area contributed by atoms with E-state index >= 15 is 0 Å². The quantitative estimate of drug-likeness (QED) is 0.638. The van der Waals surface area contributed by atoms with Crippen LogP contribution < -0.4 is 10.9 Å². The van der Waals surface area contributed by atoms with Gasteiger partial charge in [0.2, 0.25) is 5.91 Å². The highest BCUT2D eigenvalue weighted by atomic mass is 79.9. The van der Waals surface area contributed by atoms with E-state index in [0.717, 1.165) is 10.0 Å². The Morgan fingerprint density at radius 1 is 1.18 bits per heavy atom. The number of anilines is 1. The minimum atomic E-state index is -0.383. The number of aryl methyl sites for hydroxylation is 2. The zero-order valence-electron chi connectivity index (χ0n) is 15.5. The number of hydrogen-bond donors (Lipinski definition) is 1. The first-order chi connectivity index (χ1) is 13.4. The zero-order valence-corrected chi connectivity index (χ0v) is 17.1. The van der Waals surface area contributed by atoms with Crippen LogP contribution >= 0.6 is 15.9 Å². The third-order valence-electron chi connectivity index (χ3n) is 4.23. The van der Waals surface area contributed by atoms with Crippen LogP contribution in [0.25, 0.3) is 11.4 Å². The maximum absolute atomic E-state index is 13.3. The van der Waals surface area contributed by atoms with Gasteiger partial charge in [-0.1, -0.05) is 13.0 Å². The molecule has 7 heteroatoms. The van der Waals surface area contributed by atoms with Crippen LogP contribution in [0.4, 0.5) is 10.1 Å². The SMILES string of the molecule is CCc1cc(=O)n(CC(=O)Nc2ccc(C)cc2Br)c(-c2ccc(F)cc2)n1. The van der Waals surface area contributed by atoms with Crippen LogP contribution in [-0.4, -0.2) is 15.5 Å². The predicted octanol–water partition coefficient (Wildman–Crippen LogP) is 4.32. The number of carbonyl (C=O) groups is 1. The first-order valence-corrected chi connectivity index (χ1v) is 9.59. The Morgan fingerprint density at radius 3 is 2.54 bits per heavy atom. The molecule has 0 saturated heterocycles. The second-order valence-corrected chi connectivity index (χ2v) is 7.24. The summed E-state index contributed by atoms with van der Waals surface area (Å²) in [6.07, 6.45) is 0.576. The average molecular weight is 444 g/mol. The molecule has 1 amide bonds. The van der Waals surface area contributed by atoms with Crippen LogP contribution in [0.5, 0.6) is 0 Å². The zero-order chi connectivity index (χ0) is 20.3. The second kappa shape index (κ2) is 8.48. The molecule has 144 valence electrons. The Kier molecular flexibility index (Phi) is 6.04. The van der Waals surface area contributed by atoms with Gasteiger partial charge in [-0.15, -0.1) is 0 Å². The Balaban J connectivity index is 1.95. The standard InChI is InChI=1S/C21H19BrFN3O2/c1-3-16-11-20(28)26(21(24-16)14-5-7-15(23)8-6-14)12-19(27)25-18-9-4-13(2)10-17(18)22/h4-11H,3,12H2,1-2H3,(H,25,27). The van der Waals surface area contributed by atoms with Crippen molar-refractivity contribution in [1.29, 1.82) is 0 Å². The van der Waals surface area contributed by atoms with Gasteiger partial charge in [0.1, 0.15) is 18.2 Å². The molecule has 0 bridgehead atoms. The number of nitrogens with one attached hydrogen (secondary N) is 1. The minimum absolute atomic E-state index is 0.206. The number of halogens is 2. The van der Waals surface area contributed by atoms with Gasteiger partial charge in [0.05, 0.1) is 5.69 Å². The highest BCUT2D eigenvalue weighted by Crippen LogP contribution is 2.23. The first-order valence-electron chi connectivity index (χ1n) is 8.80. The molecule has 0 aliphatic carbocycles. The van der Waals surface area contributed by atoms with Crippen LogP contribution in [0.1, 0.15) is 18.2 Å². The molecule has 5 nitrogen and oxygen atoms in total. The highest BCUT2D eigenvalue weighted by molar-refractivity contribution is 9.10. The van der Waals surface area contributed by atoms with Crippen molar-refractivity contribution in [2.75, 3.05) is 5.32 Å². The summed E-state index contributed by atoms with van der Waals surface area (Å²) in [6, 6.07) is 12.7. The lowest BCUT2D eigenvalue weighted by Crippen LogP contribution is -2.30.